The largest absolute Gasteiger partial charge is 0.386 e. The minimum Gasteiger partial charge on any atom is -0.386 e. The zero-order valence-corrected chi connectivity index (χ0v) is 11.8. The van der Waals surface area contributed by atoms with E-state index in [2.05, 4.69) is 5.10 Å². The SMILES string of the molecule is CCc1nn(C)c(N2CC(O)(C(C)C)C2)c1[N+](=O)[O-]. The van der Waals surface area contributed by atoms with E-state index in [0.717, 1.165) is 0 Å². The van der Waals surface area contributed by atoms with Crippen LogP contribution in [0, 0.1) is 16.0 Å². The fraction of sp³-hybridized carbons (Fsp3) is 0.750. The molecule has 19 heavy (non-hydrogen) atoms. The summed E-state index contributed by atoms with van der Waals surface area (Å²) in [5.74, 6) is 0.619. The van der Waals surface area contributed by atoms with Gasteiger partial charge < -0.3 is 10.0 Å². The highest BCUT2D eigenvalue weighted by atomic mass is 16.6. The fourth-order valence-electron chi connectivity index (χ4n) is 2.47. The summed E-state index contributed by atoms with van der Waals surface area (Å²) in [6, 6.07) is 0. The summed E-state index contributed by atoms with van der Waals surface area (Å²) in [5, 5.41) is 25.7. The number of hydrogen-bond donors (Lipinski definition) is 1. The van der Waals surface area contributed by atoms with Crippen molar-refractivity contribution in [2.24, 2.45) is 13.0 Å². The Bertz CT molecular complexity index is 503. The quantitative estimate of drug-likeness (QED) is 0.653. The van der Waals surface area contributed by atoms with Gasteiger partial charge in [0.25, 0.3) is 0 Å². The molecule has 0 saturated carbocycles. The standard InChI is InChI=1S/C12H20N4O3/c1-5-9-10(16(18)19)11(14(4)13-9)15-6-12(17,7-15)8(2)3/h8,17H,5-7H2,1-4H3. The second kappa shape index (κ2) is 4.48. The van der Waals surface area contributed by atoms with Crippen LogP contribution in [0.3, 0.4) is 0 Å². The molecular weight excluding hydrogens is 248 g/mol. The highest BCUT2D eigenvalue weighted by Gasteiger charge is 2.47. The summed E-state index contributed by atoms with van der Waals surface area (Å²) < 4.78 is 1.54. The van der Waals surface area contributed by atoms with Gasteiger partial charge in [0.05, 0.1) is 18.0 Å². The monoisotopic (exact) mass is 268 g/mol. The first kappa shape index (κ1) is 13.8. The summed E-state index contributed by atoms with van der Waals surface area (Å²) in [5.41, 5.74) is -0.205. The number of hydrogen-bond acceptors (Lipinski definition) is 5. The van der Waals surface area contributed by atoms with Gasteiger partial charge in [0, 0.05) is 7.05 Å². The number of anilines is 1. The van der Waals surface area contributed by atoms with Crippen LogP contribution in [0.4, 0.5) is 11.5 Å². The molecule has 1 aliphatic rings. The van der Waals surface area contributed by atoms with E-state index >= 15 is 0 Å². The van der Waals surface area contributed by atoms with E-state index in [1.165, 1.54) is 4.68 Å². The van der Waals surface area contributed by atoms with Gasteiger partial charge in [-0.15, -0.1) is 0 Å². The highest BCUT2D eigenvalue weighted by Crippen LogP contribution is 2.39. The minimum absolute atomic E-state index is 0.0656. The lowest BCUT2D eigenvalue weighted by Gasteiger charge is -2.49. The Labute approximate surface area is 112 Å². The third kappa shape index (κ3) is 2.07. The fourth-order valence-corrected chi connectivity index (χ4v) is 2.47. The summed E-state index contributed by atoms with van der Waals surface area (Å²) in [6.07, 6.45) is 0.520. The molecule has 7 nitrogen and oxygen atoms in total. The van der Waals surface area contributed by atoms with Crippen LogP contribution < -0.4 is 4.90 Å². The second-order valence-electron chi connectivity index (χ2n) is 5.47. The molecule has 0 aromatic carbocycles. The van der Waals surface area contributed by atoms with Gasteiger partial charge in [-0.25, -0.2) is 4.68 Å². The Kier molecular flexibility index (Phi) is 3.25. The number of aromatic nitrogens is 2. The lowest BCUT2D eigenvalue weighted by Crippen LogP contribution is -2.65. The van der Waals surface area contributed by atoms with Gasteiger partial charge in [-0.3, -0.25) is 10.1 Å². The maximum absolute atomic E-state index is 11.2. The third-order valence-electron chi connectivity index (χ3n) is 3.88. The van der Waals surface area contributed by atoms with Crippen LogP contribution in [0.25, 0.3) is 0 Å². The minimum atomic E-state index is -0.759. The molecule has 1 aromatic rings. The van der Waals surface area contributed by atoms with E-state index in [4.69, 9.17) is 0 Å². The topological polar surface area (TPSA) is 84.4 Å². The van der Waals surface area contributed by atoms with Crippen LogP contribution in [0.2, 0.25) is 0 Å². The first-order valence-corrected chi connectivity index (χ1v) is 6.47. The Morgan fingerprint density at radius 2 is 2.11 bits per heavy atom. The molecule has 0 bridgehead atoms. The van der Waals surface area contributed by atoms with Crippen molar-refractivity contribution in [2.75, 3.05) is 18.0 Å². The normalized spacial score (nSPS) is 17.7. The van der Waals surface area contributed by atoms with Crippen molar-refractivity contribution in [2.45, 2.75) is 32.8 Å². The maximum Gasteiger partial charge on any atom is 0.334 e. The molecule has 1 saturated heterocycles. The van der Waals surface area contributed by atoms with E-state index in [0.29, 0.717) is 31.0 Å². The number of aliphatic hydroxyl groups is 1. The Morgan fingerprint density at radius 3 is 2.53 bits per heavy atom. The molecule has 0 radical (unpaired) electrons. The van der Waals surface area contributed by atoms with Gasteiger partial charge in [-0.1, -0.05) is 20.8 Å². The van der Waals surface area contributed by atoms with Crippen LogP contribution in [-0.2, 0) is 13.5 Å². The molecule has 0 atom stereocenters. The average Bonchev–Trinajstić information content (AvgIpc) is 2.61. The van der Waals surface area contributed by atoms with Crippen molar-refractivity contribution >= 4 is 11.5 Å². The zero-order valence-electron chi connectivity index (χ0n) is 11.8. The third-order valence-corrected chi connectivity index (χ3v) is 3.88. The van der Waals surface area contributed by atoms with E-state index in [1.54, 1.807) is 7.05 Å². The molecule has 7 heteroatoms. The van der Waals surface area contributed by atoms with Crippen molar-refractivity contribution in [1.82, 2.24) is 9.78 Å². The Morgan fingerprint density at radius 1 is 1.53 bits per heavy atom. The van der Waals surface area contributed by atoms with Gasteiger partial charge in [-0.05, 0) is 12.3 Å². The van der Waals surface area contributed by atoms with Crippen LogP contribution in [0.5, 0.6) is 0 Å². The first-order chi connectivity index (χ1) is 8.80. The predicted molar refractivity (Wildman–Crippen MR) is 71.2 cm³/mol. The smallest absolute Gasteiger partial charge is 0.334 e. The molecule has 0 aliphatic carbocycles. The number of nitrogens with zero attached hydrogens (tertiary/aromatic N) is 4. The molecule has 1 aliphatic heterocycles. The van der Waals surface area contributed by atoms with Crippen molar-refractivity contribution < 1.29 is 10.0 Å². The summed E-state index contributed by atoms with van der Waals surface area (Å²) in [6.45, 7) is 6.57. The van der Waals surface area contributed by atoms with Gasteiger partial charge in [0.1, 0.15) is 11.3 Å². The Balaban J connectivity index is 2.32. The molecule has 2 heterocycles. The van der Waals surface area contributed by atoms with Crippen molar-refractivity contribution in [3.05, 3.63) is 15.8 Å². The molecule has 2 rings (SSSR count). The van der Waals surface area contributed by atoms with Crippen LogP contribution in [-0.4, -0.2) is 38.5 Å². The van der Waals surface area contributed by atoms with Crippen molar-refractivity contribution in [1.29, 1.82) is 0 Å². The van der Waals surface area contributed by atoms with Gasteiger partial charge in [0.15, 0.2) is 0 Å². The average molecular weight is 268 g/mol. The Hall–Kier alpha value is -1.63. The second-order valence-corrected chi connectivity index (χ2v) is 5.47. The van der Waals surface area contributed by atoms with E-state index < -0.39 is 5.60 Å². The number of nitro groups is 1. The first-order valence-electron chi connectivity index (χ1n) is 6.47. The van der Waals surface area contributed by atoms with E-state index in [9.17, 15) is 15.2 Å². The summed E-state index contributed by atoms with van der Waals surface area (Å²) >= 11 is 0. The lowest BCUT2D eigenvalue weighted by atomic mass is 9.83. The summed E-state index contributed by atoms with van der Waals surface area (Å²) in [4.78, 5) is 12.7. The zero-order chi connectivity index (χ0) is 14.4. The van der Waals surface area contributed by atoms with Gasteiger partial charge >= 0.3 is 5.69 Å². The predicted octanol–water partition coefficient (Wildman–Crippen LogP) is 1.10. The highest BCUT2D eigenvalue weighted by molar-refractivity contribution is 5.63. The maximum atomic E-state index is 11.2. The lowest BCUT2D eigenvalue weighted by molar-refractivity contribution is -0.385. The molecule has 0 spiro atoms. The molecule has 1 aromatic heterocycles. The molecule has 0 unspecified atom stereocenters. The number of β-amino-alcohol motifs (C(OH)–C–C–N with tert-alkyl or cyclic N) is 1. The molecule has 106 valence electrons. The molecule has 0 amide bonds. The van der Waals surface area contributed by atoms with E-state index in [-0.39, 0.29) is 16.5 Å². The van der Waals surface area contributed by atoms with Crippen molar-refractivity contribution in [3.63, 3.8) is 0 Å². The van der Waals surface area contributed by atoms with Crippen molar-refractivity contribution in [3.8, 4) is 0 Å². The number of rotatable bonds is 4. The summed E-state index contributed by atoms with van der Waals surface area (Å²) in [7, 11) is 1.70. The van der Waals surface area contributed by atoms with Crippen LogP contribution in [0.15, 0.2) is 0 Å². The number of aryl methyl sites for hydroxylation is 2. The molecule has 1 fully saturated rings. The van der Waals surface area contributed by atoms with E-state index in [1.807, 2.05) is 25.7 Å². The molecule has 1 N–H and O–H groups in total. The van der Waals surface area contributed by atoms with Gasteiger partial charge in [0.2, 0.25) is 5.82 Å². The molecular formula is C12H20N4O3. The van der Waals surface area contributed by atoms with Crippen LogP contribution in [0.1, 0.15) is 26.5 Å². The van der Waals surface area contributed by atoms with Crippen LogP contribution >= 0.6 is 0 Å². The van der Waals surface area contributed by atoms with Gasteiger partial charge in [-0.2, -0.15) is 5.10 Å².